The average molecular weight is 351 g/mol. The molecule has 0 N–H and O–H groups in total. The van der Waals surface area contributed by atoms with E-state index in [2.05, 4.69) is 19.1 Å². The maximum absolute atomic E-state index is 12.4. The SMILES string of the molecule is CC=C(C)CCC=C(C)COC(=O)C1CCCN1C(=O)OC(C)(C)C. The molecule has 142 valence electrons. The molecule has 0 radical (unpaired) electrons. The second-order valence-corrected chi connectivity index (χ2v) is 7.66. The fourth-order valence-corrected chi connectivity index (χ4v) is 2.58. The lowest BCUT2D eigenvalue weighted by atomic mass is 10.1. The Bertz CT molecular complexity index is 528. The van der Waals surface area contributed by atoms with E-state index in [1.54, 1.807) is 0 Å². The Morgan fingerprint density at radius 2 is 1.88 bits per heavy atom. The predicted octanol–water partition coefficient (Wildman–Crippen LogP) is 4.62. The van der Waals surface area contributed by atoms with Crippen LogP contribution in [0.15, 0.2) is 23.3 Å². The minimum absolute atomic E-state index is 0.270. The molecule has 1 amide bonds. The van der Waals surface area contributed by atoms with Gasteiger partial charge in [-0.25, -0.2) is 9.59 Å². The molecule has 1 atom stereocenters. The molecule has 5 heteroatoms. The molecule has 1 aliphatic rings. The average Bonchev–Trinajstić information content (AvgIpc) is 3.00. The fraction of sp³-hybridized carbons (Fsp3) is 0.700. The molecule has 5 nitrogen and oxygen atoms in total. The number of ether oxygens (including phenoxy) is 2. The Labute approximate surface area is 152 Å². The molecule has 1 aliphatic heterocycles. The Balaban J connectivity index is 2.50. The molecular weight excluding hydrogens is 318 g/mol. The zero-order valence-corrected chi connectivity index (χ0v) is 16.6. The maximum atomic E-state index is 12.4. The summed E-state index contributed by atoms with van der Waals surface area (Å²) >= 11 is 0. The summed E-state index contributed by atoms with van der Waals surface area (Å²) < 4.78 is 10.8. The van der Waals surface area contributed by atoms with E-state index >= 15 is 0 Å². The van der Waals surface area contributed by atoms with Crippen molar-refractivity contribution in [1.82, 2.24) is 4.90 Å². The van der Waals surface area contributed by atoms with E-state index in [4.69, 9.17) is 9.47 Å². The van der Waals surface area contributed by atoms with Crippen molar-refractivity contribution >= 4 is 12.1 Å². The predicted molar refractivity (Wildman–Crippen MR) is 99.3 cm³/mol. The normalized spacial score (nSPS) is 19.1. The number of esters is 1. The first-order valence-electron chi connectivity index (χ1n) is 9.07. The van der Waals surface area contributed by atoms with Gasteiger partial charge in [0.15, 0.2) is 0 Å². The van der Waals surface area contributed by atoms with Crippen molar-refractivity contribution in [2.24, 2.45) is 0 Å². The van der Waals surface area contributed by atoms with Crippen LogP contribution in [-0.4, -0.2) is 41.8 Å². The first kappa shape index (κ1) is 21.3. The van der Waals surface area contributed by atoms with Crippen LogP contribution in [0, 0.1) is 0 Å². The molecule has 1 rings (SSSR count). The van der Waals surface area contributed by atoms with E-state index in [9.17, 15) is 9.59 Å². The molecule has 25 heavy (non-hydrogen) atoms. The Hall–Kier alpha value is -1.78. The number of carbonyl (C=O) groups is 2. The molecule has 1 saturated heterocycles. The minimum atomic E-state index is -0.571. The van der Waals surface area contributed by atoms with Gasteiger partial charge in [0.25, 0.3) is 0 Å². The maximum Gasteiger partial charge on any atom is 0.411 e. The van der Waals surface area contributed by atoms with Crippen molar-refractivity contribution < 1.29 is 19.1 Å². The largest absolute Gasteiger partial charge is 0.460 e. The second-order valence-electron chi connectivity index (χ2n) is 7.66. The third-order valence-electron chi connectivity index (χ3n) is 4.12. The molecule has 0 aliphatic carbocycles. The molecule has 1 fully saturated rings. The van der Waals surface area contributed by atoms with Gasteiger partial charge in [0.2, 0.25) is 0 Å². The highest BCUT2D eigenvalue weighted by Crippen LogP contribution is 2.22. The van der Waals surface area contributed by atoms with Crippen LogP contribution in [0.3, 0.4) is 0 Å². The molecule has 0 aromatic rings. The summed E-state index contributed by atoms with van der Waals surface area (Å²) in [6.07, 6.45) is 7.12. The van der Waals surface area contributed by atoms with Crippen LogP contribution in [0.5, 0.6) is 0 Å². The molecule has 0 aromatic heterocycles. The third-order valence-corrected chi connectivity index (χ3v) is 4.12. The highest BCUT2D eigenvalue weighted by Gasteiger charge is 2.37. The highest BCUT2D eigenvalue weighted by atomic mass is 16.6. The zero-order valence-electron chi connectivity index (χ0n) is 16.6. The summed E-state index contributed by atoms with van der Waals surface area (Å²) in [4.78, 5) is 26.1. The van der Waals surface area contributed by atoms with Gasteiger partial charge in [-0.05, 0) is 72.8 Å². The Morgan fingerprint density at radius 3 is 2.48 bits per heavy atom. The summed E-state index contributed by atoms with van der Waals surface area (Å²) in [6, 6.07) is -0.534. The van der Waals surface area contributed by atoms with Gasteiger partial charge in [-0.15, -0.1) is 0 Å². The summed E-state index contributed by atoms with van der Waals surface area (Å²) in [5.41, 5.74) is 1.80. The van der Waals surface area contributed by atoms with Crippen LogP contribution in [0.25, 0.3) is 0 Å². The van der Waals surface area contributed by atoms with E-state index in [-0.39, 0.29) is 12.6 Å². The molecule has 1 unspecified atom stereocenters. The first-order chi connectivity index (χ1) is 11.6. The van der Waals surface area contributed by atoms with Crippen molar-refractivity contribution in [3.8, 4) is 0 Å². The number of likely N-dealkylation sites (tertiary alicyclic amines) is 1. The lowest BCUT2D eigenvalue weighted by molar-refractivity contribution is -0.147. The molecular formula is C20H33NO4. The van der Waals surface area contributed by atoms with Gasteiger partial charge in [0.1, 0.15) is 18.2 Å². The molecule has 1 heterocycles. The van der Waals surface area contributed by atoms with Gasteiger partial charge in [-0.3, -0.25) is 4.90 Å². The number of hydrogen-bond donors (Lipinski definition) is 0. The van der Waals surface area contributed by atoms with Gasteiger partial charge in [-0.2, -0.15) is 0 Å². The topological polar surface area (TPSA) is 55.8 Å². The van der Waals surface area contributed by atoms with E-state index in [1.165, 1.54) is 10.5 Å². The zero-order chi connectivity index (χ0) is 19.0. The van der Waals surface area contributed by atoms with Crippen LogP contribution in [0.1, 0.15) is 67.2 Å². The van der Waals surface area contributed by atoms with E-state index in [0.717, 1.165) is 24.8 Å². The van der Waals surface area contributed by atoms with E-state index in [0.29, 0.717) is 13.0 Å². The van der Waals surface area contributed by atoms with Crippen molar-refractivity contribution in [3.63, 3.8) is 0 Å². The molecule has 0 spiro atoms. The Kier molecular flexibility index (Phi) is 8.20. The van der Waals surface area contributed by atoms with E-state index in [1.807, 2.05) is 34.6 Å². The number of hydrogen-bond acceptors (Lipinski definition) is 4. The van der Waals surface area contributed by atoms with Gasteiger partial charge in [-0.1, -0.05) is 17.7 Å². The minimum Gasteiger partial charge on any atom is -0.460 e. The van der Waals surface area contributed by atoms with E-state index < -0.39 is 17.7 Å². The summed E-state index contributed by atoms with van der Waals surface area (Å²) in [6.45, 7) is 12.4. The third kappa shape index (κ3) is 7.76. The molecule has 0 bridgehead atoms. The highest BCUT2D eigenvalue weighted by molar-refractivity contribution is 5.82. The number of rotatable bonds is 6. The number of nitrogens with zero attached hydrogens (tertiary/aromatic N) is 1. The van der Waals surface area contributed by atoms with Crippen LogP contribution >= 0.6 is 0 Å². The summed E-state index contributed by atoms with van der Waals surface area (Å²) in [7, 11) is 0. The van der Waals surface area contributed by atoms with Crippen LogP contribution in [0.2, 0.25) is 0 Å². The molecule has 0 aromatic carbocycles. The van der Waals surface area contributed by atoms with Crippen molar-refractivity contribution in [2.75, 3.05) is 13.2 Å². The standard InChI is InChI=1S/C20H33NO4/c1-7-15(2)10-8-11-16(3)14-24-18(22)17-12-9-13-21(17)19(23)25-20(4,5)6/h7,11,17H,8-10,12-14H2,1-6H3. The lowest BCUT2D eigenvalue weighted by Crippen LogP contribution is -2.44. The summed E-state index contributed by atoms with van der Waals surface area (Å²) in [5, 5.41) is 0. The van der Waals surface area contributed by atoms with Gasteiger partial charge in [0.05, 0.1) is 0 Å². The van der Waals surface area contributed by atoms with Gasteiger partial charge < -0.3 is 9.47 Å². The van der Waals surface area contributed by atoms with Crippen LogP contribution < -0.4 is 0 Å². The van der Waals surface area contributed by atoms with Crippen molar-refractivity contribution in [3.05, 3.63) is 23.3 Å². The number of carbonyl (C=O) groups excluding carboxylic acids is 2. The second kappa shape index (κ2) is 9.64. The lowest BCUT2D eigenvalue weighted by Gasteiger charge is -2.27. The number of allylic oxidation sites excluding steroid dienone is 3. The van der Waals surface area contributed by atoms with Crippen LogP contribution in [-0.2, 0) is 14.3 Å². The smallest absolute Gasteiger partial charge is 0.411 e. The fourth-order valence-electron chi connectivity index (χ4n) is 2.58. The Morgan fingerprint density at radius 1 is 1.20 bits per heavy atom. The van der Waals surface area contributed by atoms with Gasteiger partial charge >= 0.3 is 12.1 Å². The van der Waals surface area contributed by atoms with Crippen LogP contribution in [0.4, 0.5) is 4.79 Å². The van der Waals surface area contributed by atoms with Crippen molar-refractivity contribution in [2.45, 2.75) is 78.9 Å². The van der Waals surface area contributed by atoms with Crippen molar-refractivity contribution in [1.29, 1.82) is 0 Å². The molecule has 0 saturated carbocycles. The quantitative estimate of drug-likeness (QED) is 0.517. The monoisotopic (exact) mass is 351 g/mol. The van der Waals surface area contributed by atoms with Gasteiger partial charge in [0, 0.05) is 6.54 Å². The first-order valence-corrected chi connectivity index (χ1v) is 9.07. The summed E-state index contributed by atoms with van der Waals surface area (Å²) in [5.74, 6) is -0.347. The number of amides is 1.